The molecule has 0 spiro atoms. The summed E-state index contributed by atoms with van der Waals surface area (Å²) in [5.41, 5.74) is 3.79. The molecule has 4 heterocycles. The van der Waals surface area contributed by atoms with Gasteiger partial charge in [0.1, 0.15) is 23.6 Å². The lowest BCUT2D eigenvalue weighted by Gasteiger charge is -2.40. The van der Waals surface area contributed by atoms with Crippen molar-refractivity contribution in [3.05, 3.63) is 72.1 Å². The molecule has 3 aromatic rings. The number of carbonyl (C=O) groups is 1. The monoisotopic (exact) mass is 461 g/mol. The topological polar surface area (TPSA) is 89.2 Å². The normalized spacial score (nSPS) is 19.0. The van der Waals surface area contributed by atoms with Gasteiger partial charge in [-0.3, -0.25) is 0 Å². The minimum Gasteiger partial charge on any atom is -0.387 e. The summed E-state index contributed by atoms with van der Waals surface area (Å²) in [6.07, 6.45) is 7.69. The highest BCUT2D eigenvalue weighted by atomic mass is 19.1. The molecule has 2 aliphatic heterocycles. The first-order valence-corrected chi connectivity index (χ1v) is 11.5. The fraction of sp³-hybridized carbons (Fsp3) is 0.320. The molecule has 2 aromatic heterocycles. The van der Waals surface area contributed by atoms with E-state index in [0.29, 0.717) is 19.6 Å². The molecule has 34 heavy (non-hydrogen) atoms. The van der Waals surface area contributed by atoms with Gasteiger partial charge in [-0.05, 0) is 55.5 Å². The van der Waals surface area contributed by atoms with Gasteiger partial charge in [-0.2, -0.15) is 0 Å². The summed E-state index contributed by atoms with van der Waals surface area (Å²) in [6, 6.07) is 7.97. The quantitative estimate of drug-likeness (QED) is 0.553. The van der Waals surface area contributed by atoms with E-state index in [4.69, 9.17) is 0 Å². The van der Waals surface area contributed by atoms with Crippen molar-refractivity contribution in [2.45, 2.75) is 25.9 Å². The van der Waals surface area contributed by atoms with Crippen LogP contribution in [-0.2, 0) is 0 Å². The van der Waals surface area contributed by atoms with E-state index in [1.54, 1.807) is 18.5 Å². The van der Waals surface area contributed by atoms with Crippen LogP contribution in [0.25, 0.3) is 16.6 Å². The van der Waals surface area contributed by atoms with Gasteiger partial charge < -0.3 is 25.4 Å². The molecule has 9 heteroatoms. The highest BCUT2D eigenvalue weighted by molar-refractivity contribution is 5.92. The third kappa shape index (κ3) is 4.33. The van der Waals surface area contributed by atoms with Crippen LogP contribution in [0.15, 0.2) is 55.0 Å². The van der Waals surface area contributed by atoms with Crippen LogP contribution in [0.1, 0.15) is 31.1 Å². The summed E-state index contributed by atoms with van der Waals surface area (Å²) in [5.74, 6) is 0.585. The zero-order valence-corrected chi connectivity index (χ0v) is 19.3. The number of allylic oxidation sites excluding steroid dienone is 2. The number of amides is 2. The second kappa shape index (κ2) is 9.17. The number of aromatic amines is 1. The Morgan fingerprint density at radius 3 is 2.79 bits per heavy atom. The minimum absolute atomic E-state index is 0.00680. The van der Waals surface area contributed by atoms with E-state index in [1.165, 1.54) is 12.1 Å². The number of dihydropyridines is 1. The Morgan fingerprint density at radius 2 is 2.06 bits per heavy atom. The number of nitrogens with one attached hydrogen (secondary N) is 3. The summed E-state index contributed by atoms with van der Waals surface area (Å²) >= 11 is 0. The van der Waals surface area contributed by atoms with E-state index in [9.17, 15) is 9.18 Å². The lowest BCUT2D eigenvalue weighted by molar-refractivity contribution is 0.168. The van der Waals surface area contributed by atoms with Gasteiger partial charge in [0, 0.05) is 37.9 Å². The van der Waals surface area contributed by atoms with Crippen LogP contribution in [0, 0.1) is 5.82 Å². The molecule has 5 rings (SSSR count). The molecule has 8 nitrogen and oxygen atoms in total. The van der Waals surface area contributed by atoms with Crippen molar-refractivity contribution < 1.29 is 9.18 Å². The van der Waals surface area contributed by atoms with Gasteiger partial charge in [0.15, 0.2) is 0 Å². The molecule has 1 fully saturated rings. The number of carbonyl (C=O) groups excluding carboxylic acids is 1. The minimum atomic E-state index is -0.288. The first-order chi connectivity index (χ1) is 16.5. The molecule has 1 unspecified atom stereocenters. The van der Waals surface area contributed by atoms with Gasteiger partial charge in [-0.15, -0.1) is 0 Å². The van der Waals surface area contributed by atoms with Crippen molar-refractivity contribution in [2.75, 3.05) is 31.1 Å². The fourth-order valence-electron chi connectivity index (χ4n) is 4.54. The number of H-pyrrole nitrogens is 1. The Morgan fingerprint density at radius 1 is 1.24 bits per heavy atom. The summed E-state index contributed by atoms with van der Waals surface area (Å²) in [5, 5.41) is 7.17. The van der Waals surface area contributed by atoms with Crippen molar-refractivity contribution in [2.24, 2.45) is 0 Å². The average Bonchev–Trinajstić information content (AvgIpc) is 3.29. The third-order valence-electron chi connectivity index (χ3n) is 6.43. The summed E-state index contributed by atoms with van der Waals surface area (Å²) < 4.78 is 13.2. The number of hydrogen-bond donors (Lipinski definition) is 3. The van der Waals surface area contributed by atoms with Crippen LogP contribution in [0.3, 0.4) is 0 Å². The summed E-state index contributed by atoms with van der Waals surface area (Å²) in [4.78, 5) is 29.4. The lowest BCUT2D eigenvalue weighted by atomic mass is 10.1. The van der Waals surface area contributed by atoms with Gasteiger partial charge >= 0.3 is 6.03 Å². The number of fused-ring (bicyclic) bond motifs is 1. The van der Waals surface area contributed by atoms with E-state index in [1.807, 2.05) is 31.0 Å². The number of hydrogen-bond acceptors (Lipinski definition) is 5. The first kappa shape index (κ1) is 21.9. The van der Waals surface area contributed by atoms with Crippen LogP contribution in [-0.4, -0.2) is 58.1 Å². The van der Waals surface area contributed by atoms with Crippen LogP contribution in [0.5, 0.6) is 0 Å². The van der Waals surface area contributed by atoms with E-state index in [-0.39, 0.29) is 23.9 Å². The Kier molecular flexibility index (Phi) is 5.91. The maximum absolute atomic E-state index is 13.2. The maximum Gasteiger partial charge on any atom is 0.318 e. The lowest BCUT2D eigenvalue weighted by Crippen LogP contribution is -2.57. The molecule has 176 valence electrons. The number of halogens is 1. The molecule has 0 radical (unpaired) electrons. The molecule has 2 atom stereocenters. The van der Waals surface area contributed by atoms with Crippen LogP contribution in [0.2, 0.25) is 0 Å². The molecule has 0 saturated carbocycles. The number of urea groups is 1. The van der Waals surface area contributed by atoms with Crippen molar-refractivity contribution >= 4 is 28.5 Å². The van der Waals surface area contributed by atoms with Gasteiger partial charge in [0.25, 0.3) is 0 Å². The van der Waals surface area contributed by atoms with Gasteiger partial charge in [-0.1, -0.05) is 18.2 Å². The Balaban J connectivity index is 1.28. The Bertz CT molecular complexity index is 1250. The number of anilines is 1. The van der Waals surface area contributed by atoms with E-state index in [2.05, 4.69) is 42.6 Å². The molecular weight excluding hydrogens is 433 g/mol. The number of aromatic nitrogens is 3. The molecule has 1 aromatic carbocycles. The molecule has 0 bridgehead atoms. The zero-order chi connectivity index (χ0) is 23.7. The van der Waals surface area contributed by atoms with E-state index < -0.39 is 0 Å². The maximum atomic E-state index is 13.2. The van der Waals surface area contributed by atoms with Crippen molar-refractivity contribution in [1.82, 2.24) is 30.5 Å². The highest BCUT2D eigenvalue weighted by Crippen LogP contribution is 2.29. The van der Waals surface area contributed by atoms with Crippen molar-refractivity contribution in [3.8, 4) is 0 Å². The molecular formula is C25H28FN7O. The van der Waals surface area contributed by atoms with Crippen molar-refractivity contribution in [3.63, 3.8) is 0 Å². The number of rotatable bonds is 4. The smallest absolute Gasteiger partial charge is 0.318 e. The first-order valence-electron chi connectivity index (χ1n) is 11.5. The fourth-order valence-corrected chi connectivity index (χ4v) is 4.54. The van der Waals surface area contributed by atoms with E-state index >= 15 is 0 Å². The van der Waals surface area contributed by atoms with Crippen LogP contribution < -0.4 is 15.5 Å². The van der Waals surface area contributed by atoms with Gasteiger partial charge in [-0.25, -0.2) is 19.2 Å². The molecule has 0 aliphatic carbocycles. The largest absolute Gasteiger partial charge is 0.387 e. The Labute approximate surface area is 197 Å². The molecule has 2 aliphatic rings. The summed E-state index contributed by atoms with van der Waals surface area (Å²) in [7, 11) is 0. The van der Waals surface area contributed by atoms with Crippen LogP contribution in [0.4, 0.5) is 15.0 Å². The van der Waals surface area contributed by atoms with E-state index in [0.717, 1.165) is 40.2 Å². The third-order valence-corrected chi connectivity index (χ3v) is 6.43. The number of nitrogens with zero attached hydrogens (tertiary/aromatic N) is 4. The number of piperazine rings is 1. The molecule has 3 N–H and O–H groups in total. The molecule has 1 saturated heterocycles. The standard InChI is InChI=1S/C25H28FN7O/c1-16-14-32(11-12-33(16)25(34)30-17(2)18-3-5-20(26)6-4-18)24-21-13-22(19-7-9-27-10-8-19)31-23(21)28-15-29-24/h3-9,13,15-17,27H,10-12,14H2,1-2H3,(H,30,34)(H,28,29,31)/t16-,17?/m0/s1. The summed E-state index contributed by atoms with van der Waals surface area (Å²) in [6.45, 7) is 6.64. The van der Waals surface area contributed by atoms with Gasteiger partial charge in [0.2, 0.25) is 0 Å². The Hall–Kier alpha value is -3.88. The zero-order valence-electron chi connectivity index (χ0n) is 19.3. The predicted molar refractivity (Wildman–Crippen MR) is 131 cm³/mol. The molecule has 2 amide bonds. The average molecular weight is 462 g/mol. The van der Waals surface area contributed by atoms with Crippen LogP contribution >= 0.6 is 0 Å². The number of benzene rings is 1. The van der Waals surface area contributed by atoms with Crippen molar-refractivity contribution in [1.29, 1.82) is 0 Å². The highest BCUT2D eigenvalue weighted by Gasteiger charge is 2.30. The second-order valence-corrected chi connectivity index (χ2v) is 8.75. The second-order valence-electron chi connectivity index (χ2n) is 8.75. The van der Waals surface area contributed by atoms with Gasteiger partial charge in [0.05, 0.1) is 11.4 Å². The SMILES string of the molecule is CC(NC(=O)N1CCN(c2ncnc3[nH]c(C4=CCNC=C4)cc23)C[C@@H]1C)c1ccc(F)cc1. The predicted octanol–water partition coefficient (Wildman–Crippen LogP) is 3.58.